The molecule has 0 amide bonds. The lowest BCUT2D eigenvalue weighted by Gasteiger charge is -2.39. The van der Waals surface area contributed by atoms with Gasteiger partial charge in [-0.3, -0.25) is 9.29 Å². The molecule has 1 aliphatic carbocycles. The SMILES string of the molecule is COc1cccc(-c2nnc(NS(=O)(=O)C(C)C(O)C3CC(F)(F)C3)n2-c2c(OC)cccc2OC)n1. The van der Waals surface area contributed by atoms with Crippen molar-refractivity contribution in [3.05, 3.63) is 36.4 Å². The Morgan fingerprint density at radius 1 is 1.05 bits per heavy atom. The average molecular weight is 540 g/mol. The Labute approximate surface area is 212 Å². The van der Waals surface area contributed by atoms with Gasteiger partial charge in [0.25, 0.3) is 0 Å². The van der Waals surface area contributed by atoms with E-state index >= 15 is 0 Å². The molecule has 1 fully saturated rings. The highest BCUT2D eigenvalue weighted by Crippen LogP contribution is 2.45. The van der Waals surface area contributed by atoms with Gasteiger partial charge in [-0.15, -0.1) is 10.2 Å². The standard InChI is InChI=1S/C23H27F2N5O6S/c1-13(20(31)14-11-23(24,25)12-14)37(32,33)29-22-28-27-21(15-7-5-10-18(26-15)36-4)30(22)19-16(34-2)8-6-9-17(19)35-3/h5-10,13-14,20,31H,11-12H2,1-4H3,(H,28,29). The summed E-state index contributed by atoms with van der Waals surface area (Å²) in [5.74, 6) is -2.95. The van der Waals surface area contributed by atoms with E-state index in [1.165, 1.54) is 32.8 Å². The highest BCUT2D eigenvalue weighted by atomic mass is 32.2. The van der Waals surface area contributed by atoms with Gasteiger partial charge in [0, 0.05) is 18.9 Å². The Hall–Kier alpha value is -3.52. The molecule has 2 aromatic heterocycles. The number of aliphatic hydroxyl groups excluding tert-OH is 1. The molecule has 2 atom stereocenters. The predicted octanol–water partition coefficient (Wildman–Crippen LogP) is 2.89. The molecule has 2 unspecified atom stereocenters. The molecule has 0 bridgehead atoms. The maximum Gasteiger partial charge on any atom is 0.248 e. The average Bonchev–Trinajstić information content (AvgIpc) is 3.27. The minimum absolute atomic E-state index is 0.131. The summed E-state index contributed by atoms with van der Waals surface area (Å²) in [5.41, 5.74) is 0.580. The van der Waals surface area contributed by atoms with Crippen molar-refractivity contribution < 1.29 is 36.5 Å². The van der Waals surface area contributed by atoms with Crippen LogP contribution in [0.5, 0.6) is 17.4 Å². The summed E-state index contributed by atoms with van der Waals surface area (Å²) in [4.78, 5) is 4.37. The predicted molar refractivity (Wildman–Crippen MR) is 130 cm³/mol. The summed E-state index contributed by atoms with van der Waals surface area (Å²) in [6, 6.07) is 9.91. The number of anilines is 1. The minimum atomic E-state index is -4.32. The number of halogens is 2. The number of pyridine rings is 1. The number of methoxy groups -OCH3 is 3. The van der Waals surface area contributed by atoms with Crippen molar-refractivity contribution in [2.24, 2.45) is 5.92 Å². The van der Waals surface area contributed by atoms with E-state index in [0.717, 1.165) is 0 Å². The number of benzene rings is 1. The van der Waals surface area contributed by atoms with Crippen LogP contribution >= 0.6 is 0 Å². The number of hydrogen-bond acceptors (Lipinski definition) is 9. The largest absolute Gasteiger partial charge is 0.494 e. The summed E-state index contributed by atoms with van der Waals surface area (Å²) >= 11 is 0. The van der Waals surface area contributed by atoms with Crippen LogP contribution in [0, 0.1) is 5.92 Å². The lowest BCUT2D eigenvalue weighted by Crippen LogP contribution is -2.49. The second-order valence-electron chi connectivity index (χ2n) is 8.63. The quantitative estimate of drug-likeness (QED) is 0.398. The fourth-order valence-electron chi connectivity index (χ4n) is 4.17. The van der Waals surface area contributed by atoms with Gasteiger partial charge in [0.05, 0.1) is 27.4 Å². The minimum Gasteiger partial charge on any atom is -0.494 e. The van der Waals surface area contributed by atoms with E-state index in [2.05, 4.69) is 19.9 Å². The molecule has 1 aliphatic rings. The molecule has 1 aromatic carbocycles. The van der Waals surface area contributed by atoms with Gasteiger partial charge in [-0.05, 0) is 31.0 Å². The van der Waals surface area contributed by atoms with Crippen molar-refractivity contribution >= 4 is 16.0 Å². The number of rotatable bonds is 10. The number of aromatic nitrogens is 4. The molecular formula is C23H27F2N5O6S. The van der Waals surface area contributed by atoms with E-state index in [-0.39, 0.29) is 23.3 Å². The third-order valence-corrected chi connectivity index (χ3v) is 7.98. The van der Waals surface area contributed by atoms with E-state index in [1.807, 2.05) is 0 Å². The number of aliphatic hydroxyl groups is 1. The van der Waals surface area contributed by atoms with Gasteiger partial charge in [-0.25, -0.2) is 22.2 Å². The summed E-state index contributed by atoms with van der Waals surface area (Å²) < 4.78 is 73.0. The van der Waals surface area contributed by atoms with E-state index in [4.69, 9.17) is 14.2 Å². The van der Waals surface area contributed by atoms with Crippen molar-refractivity contribution in [1.82, 2.24) is 19.7 Å². The van der Waals surface area contributed by atoms with Gasteiger partial charge >= 0.3 is 0 Å². The first-order valence-corrected chi connectivity index (χ1v) is 12.8. The van der Waals surface area contributed by atoms with E-state index in [1.54, 1.807) is 36.4 Å². The third-order valence-electron chi connectivity index (χ3n) is 6.26. The molecule has 2 N–H and O–H groups in total. The fraction of sp³-hybridized carbons (Fsp3) is 0.435. The van der Waals surface area contributed by atoms with Crippen LogP contribution in [0.25, 0.3) is 17.2 Å². The number of ether oxygens (including phenoxy) is 3. The van der Waals surface area contributed by atoms with Crippen molar-refractivity contribution in [3.8, 4) is 34.6 Å². The van der Waals surface area contributed by atoms with E-state index in [0.29, 0.717) is 17.2 Å². The van der Waals surface area contributed by atoms with Gasteiger partial charge in [0.15, 0.2) is 5.82 Å². The molecule has 200 valence electrons. The number of para-hydroxylation sites is 1. The Morgan fingerprint density at radius 2 is 1.68 bits per heavy atom. The smallest absolute Gasteiger partial charge is 0.248 e. The third kappa shape index (κ3) is 5.16. The summed E-state index contributed by atoms with van der Waals surface area (Å²) in [6.07, 6.45) is -2.66. The zero-order valence-corrected chi connectivity index (χ0v) is 21.4. The van der Waals surface area contributed by atoms with Crippen LogP contribution in [0.1, 0.15) is 19.8 Å². The van der Waals surface area contributed by atoms with Crippen molar-refractivity contribution in [2.45, 2.75) is 37.0 Å². The second-order valence-corrected chi connectivity index (χ2v) is 10.7. The molecule has 0 radical (unpaired) electrons. The molecule has 4 rings (SSSR count). The molecule has 3 aromatic rings. The molecule has 2 heterocycles. The lowest BCUT2D eigenvalue weighted by atomic mass is 9.77. The highest BCUT2D eigenvalue weighted by Gasteiger charge is 2.51. The van der Waals surface area contributed by atoms with Gasteiger partial charge in [-0.1, -0.05) is 12.1 Å². The van der Waals surface area contributed by atoms with Crippen molar-refractivity contribution in [3.63, 3.8) is 0 Å². The molecule has 0 saturated heterocycles. The van der Waals surface area contributed by atoms with E-state index in [9.17, 15) is 22.3 Å². The number of hydrogen-bond donors (Lipinski definition) is 2. The Bertz CT molecular complexity index is 1350. The first kappa shape index (κ1) is 26.5. The zero-order valence-electron chi connectivity index (χ0n) is 20.6. The summed E-state index contributed by atoms with van der Waals surface area (Å²) in [7, 11) is -0.00201. The Morgan fingerprint density at radius 3 is 2.24 bits per heavy atom. The maximum absolute atomic E-state index is 13.3. The number of nitrogens with one attached hydrogen (secondary N) is 1. The fourth-order valence-corrected chi connectivity index (χ4v) is 5.33. The lowest BCUT2D eigenvalue weighted by molar-refractivity contribution is -0.140. The van der Waals surface area contributed by atoms with Gasteiger partial charge in [0.1, 0.15) is 28.1 Å². The number of alkyl halides is 2. The van der Waals surface area contributed by atoms with Crippen molar-refractivity contribution in [1.29, 1.82) is 0 Å². The first-order chi connectivity index (χ1) is 17.5. The second kappa shape index (κ2) is 10.1. The Balaban J connectivity index is 1.80. The van der Waals surface area contributed by atoms with Crippen LogP contribution < -0.4 is 18.9 Å². The summed E-state index contributed by atoms with van der Waals surface area (Å²) in [6.45, 7) is 1.25. The van der Waals surface area contributed by atoms with Crippen LogP contribution in [0.3, 0.4) is 0 Å². The van der Waals surface area contributed by atoms with Gasteiger partial charge in [0.2, 0.25) is 27.8 Å². The normalized spacial score (nSPS) is 16.9. The molecule has 11 nitrogen and oxygen atoms in total. The first-order valence-electron chi connectivity index (χ1n) is 11.3. The highest BCUT2D eigenvalue weighted by molar-refractivity contribution is 7.93. The topological polar surface area (TPSA) is 138 Å². The molecule has 1 saturated carbocycles. The van der Waals surface area contributed by atoms with Gasteiger partial charge < -0.3 is 19.3 Å². The molecule has 0 spiro atoms. The summed E-state index contributed by atoms with van der Waals surface area (Å²) in [5, 5.41) is 17.3. The molecular weight excluding hydrogens is 512 g/mol. The van der Waals surface area contributed by atoms with Crippen LogP contribution in [-0.2, 0) is 10.0 Å². The molecule has 14 heteroatoms. The van der Waals surface area contributed by atoms with Crippen LogP contribution in [0.4, 0.5) is 14.7 Å². The maximum atomic E-state index is 13.3. The number of nitrogens with zero attached hydrogens (tertiary/aromatic N) is 4. The van der Waals surface area contributed by atoms with Crippen LogP contribution in [-0.4, -0.2) is 71.9 Å². The Kier molecular flexibility index (Phi) is 7.24. The molecule has 37 heavy (non-hydrogen) atoms. The van der Waals surface area contributed by atoms with Crippen molar-refractivity contribution in [2.75, 3.05) is 26.1 Å². The molecule has 0 aliphatic heterocycles. The number of sulfonamides is 1. The van der Waals surface area contributed by atoms with E-state index < -0.39 is 46.1 Å². The van der Waals surface area contributed by atoms with Crippen LogP contribution in [0.15, 0.2) is 36.4 Å². The monoisotopic (exact) mass is 539 g/mol. The van der Waals surface area contributed by atoms with Crippen LogP contribution in [0.2, 0.25) is 0 Å². The van der Waals surface area contributed by atoms with Gasteiger partial charge in [-0.2, -0.15) is 0 Å². The zero-order chi connectivity index (χ0) is 27.0.